The second-order valence-corrected chi connectivity index (χ2v) is 14.8. The molecule has 7 rings (SSSR count). The molecule has 1 atom stereocenters. The topological polar surface area (TPSA) is 3.24 Å². The van der Waals surface area contributed by atoms with Crippen molar-refractivity contribution >= 4 is 45.1 Å². The summed E-state index contributed by atoms with van der Waals surface area (Å²) in [7, 11) is 0. The molecular weight excluding hydrogens is 663 g/mol. The number of aryl methyl sites for hydroxylation is 1. The molecule has 0 saturated carbocycles. The molecule has 0 heterocycles. The number of nitrogens with zero attached hydrogens (tertiary/aromatic N) is 1. The van der Waals surface area contributed by atoms with Gasteiger partial charge >= 0.3 is 0 Å². The lowest BCUT2D eigenvalue weighted by Gasteiger charge is -2.33. The third-order valence-electron chi connectivity index (χ3n) is 10.8. The lowest BCUT2D eigenvalue weighted by Crippen LogP contribution is -2.20. The molecule has 0 radical (unpaired) electrons. The Bertz CT molecular complexity index is 2380. The summed E-state index contributed by atoms with van der Waals surface area (Å²) < 4.78 is 0. The van der Waals surface area contributed by atoms with Gasteiger partial charge in [-0.05, 0) is 105 Å². The van der Waals surface area contributed by atoms with E-state index in [9.17, 15) is 0 Å². The van der Waals surface area contributed by atoms with Gasteiger partial charge in [0.05, 0.1) is 5.69 Å². The number of fused-ring (bicyclic) bond motifs is 3. The van der Waals surface area contributed by atoms with Gasteiger partial charge in [-0.3, -0.25) is 0 Å². The fraction of sp³-hybridized carbons (Fsp3) is 0.185. The maximum Gasteiger partial charge on any atom is 0.0540 e. The van der Waals surface area contributed by atoms with Crippen LogP contribution in [0, 0.1) is 6.92 Å². The lowest BCUT2D eigenvalue weighted by molar-refractivity contribution is 0.532. The molecule has 1 heteroatoms. The van der Waals surface area contributed by atoms with Crippen LogP contribution >= 0.6 is 0 Å². The van der Waals surface area contributed by atoms with Gasteiger partial charge in [0.25, 0.3) is 0 Å². The predicted molar refractivity (Wildman–Crippen MR) is 244 cm³/mol. The van der Waals surface area contributed by atoms with Gasteiger partial charge < -0.3 is 4.90 Å². The smallest absolute Gasteiger partial charge is 0.0540 e. The molecule has 5 aromatic carbocycles. The SMILES string of the molecule is C=C/C=C1/C=C/C=C\C=C\c2cccc(C(C)c3ccc(N(c4ccc5c(c4)C(C)(C)C/C=C\C/C=C\C5=C)c4ccccc4C)c4ccccc34)c21.CC. The summed E-state index contributed by atoms with van der Waals surface area (Å²) in [6.45, 7) is 21.8. The van der Waals surface area contributed by atoms with E-state index in [1.807, 2.05) is 19.9 Å². The highest BCUT2D eigenvalue weighted by Gasteiger charge is 2.27. The first-order valence-corrected chi connectivity index (χ1v) is 19.8. The van der Waals surface area contributed by atoms with Gasteiger partial charge in [-0.2, -0.15) is 0 Å². The van der Waals surface area contributed by atoms with Crippen molar-refractivity contribution in [3.63, 3.8) is 0 Å². The van der Waals surface area contributed by atoms with E-state index in [4.69, 9.17) is 0 Å². The van der Waals surface area contributed by atoms with Gasteiger partial charge in [-0.15, -0.1) is 0 Å². The normalized spacial score (nSPS) is 18.8. The zero-order valence-electron chi connectivity index (χ0n) is 33.5. The number of allylic oxidation sites excluding steroid dienone is 13. The van der Waals surface area contributed by atoms with E-state index in [1.54, 1.807) is 0 Å². The summed E-state index contributed by atoms with van der Waals surface area (Å²) in [6.07, 6.45) is 27.7. The number of benzene rings is 5. The standard InChI is InChI=1S/C52H49N.C2H6/c1-7-21-40-24-13-8-9-14-25-41-26-20-29-45(51(40)41)39(4)44-33-34-50(47-28-17-16-27-46(44)47)53(49-30-18-15-23-38(49)3)42-31-32-43-37(2)22-12-10-11-19-35-52(5,6)48(43)36-42;1-2/h7-9,11-34,36,39H,1-2,10,35H2,3-6H3;1-2H3/b9-8-,19-11-,22-12-,24-13+,25-14+,40-21-;. The first kappa shape index (κ1) is 38.8. The van der Waals surface area contributed by atoms with Crippen LogP contribution in [0.1, 0.15) is 92.3 Å². The third-order valence-corrected chi connectivity index (χ3v) is 10.8. The third kappa shape index (κ3) is 8.13. The molecule has 1 nitrogen and oxygen atoms in total. The number of anilines is 3. The summed E-state index contributed by atoms with van der Waals surface area (Å²) in [5.41, 5.74) is 14.4. The molecule has 0 N–H and O–H groups in total. The van der Waals surface area contributed by atoms with E-state index in [0.717, 1.165) is 35.4 Å². The molecule has 0 amide bonds. The minimum Gasteiger partial charge on any atom is -0.310 e. The lowest BCUT2D eigenvalue weighted by atomic mass is 9.77. The number of hydrogen-bond acceptors (Lipinski definition) is 1. The number of hydrogen-bond donors (Lipinski definition) is 0. The highest BCUT2D eigenvalue weighted by Crippen LogP contribution is 2.46. The number of para-hydroxylation sites is 1. The van der Waals surface area contributed by atoms with E-state index in [-0.39, 0.29) is 11.3 Å². The van der Waals surface area contributed by atoms with E-state index in [0.29, 0.717) is 0 Å². The van der Waals surface area contributed by atoms with Gasteiger partial charge in [-0.25, -0.2) is 0 Å². The van der Waals surface area contributed by atoms with Crippen LogP contribution in [-0.4, -0.2) is 0 Å². The monoisotopic (exact) mass is 717 g/mol. The minimum absolute atomic E-state index is 0.0835. The van der Waals surface area contributed by atoms with E-state index < -0.39 is 0 Å². The van der Waals surface area contributed by atoms with Crippen molar-refractivity contribution in [2.45, 2.75) is 65.7 Å². The molecule has 5 aromatic rings. The molecule has 55 heavy (non-hydrogen) atoms. The first-order chi connectivity index (χ1) is 26.8. The van der Waals surface area contributed by atoms with Crippen LogP contribution in [0.5, 0.6) is 0 Å². The molecule has 2 aliphatic rings. The average molecular weight is 718 g/mol. The highest BCUT2D eigenvalue weighted by molar-refractivity contribution is 6.01. The molecule has 0 spiro atoms. The van der Waals surface area contributed by atoms with Gasteiger partial charge in [0.15, 0.2) is 0 Å². The fourth-order valence-corrected chi connectivity index (χ4v) is 7.96. The average Bonchev–Trinajstić information content (AvgIpc) is 3.31. The summed E-state index contributed by atoms with van der Waals surface area (Å²) in [5, 5.41) is 2.47. The Labute approximate surface area is 330 Å². The van der Waals surface area contributed by atoms with E-state index in [2.05, 4.69) is 210 Å². The molecule has 0 aromatic heterocycles. The number of rotatable bonds is 6. The Balaban J connectivity index is 0.00000253. The molecule has 2 aliphatic carbocycles. The Morgan fingerprint density at radius 2 is 1.45 bits per heavy atom. The molecule has 0 fully saturated rings. The van der Waals surface area contributed by atoms with Crippen LogP contribution in [0.15, 0.2) is 177 Å². The largest absolute Gasteiger partial charge is 0.310 e. The quantitative estimate of drug-likeness (QED) is 0.158. The second-order valence-electron chi connectivity index (χ2n) is 14.8. The molecule has 0 bridgehead atoms. The summed E-state index contributed by atoms with van der Waals surface area (Å²) >= 11 is 0. The van der Waals surface area contributed by atoms with Gasteiger partial charge in [-0.1, -0.05) is 193 Å². The Kier molecular flexibility index (Phi) is 12.3. The Morgan fingerprint density at radius 1 is 0.709 bits per heavy atom. The molecular formula is C54H55N. The zero-order chi connectivity index (χ0) is 39.0. The van der Waals surface area contributed by atoms with Gasteiger partial charge in [0.2, 0.25) is 0 Å². The van der Waals surface area contributed by atoms with Crippen molar-refractivity contribution < 1.29 is 0 Å². The molecule has 0 aliphatic heterocycles. The van der Waals surface area contributed by atoms with Crippen molar-refractivity contribution in [1.82, 2.24) is 0 Å². The van der Waals surface area contributed by atoms with Crippen LogP contribution in [0.3, 0.4) is 0 Å². The molecule has 0 saturated heterocycles. The van der Waals surface area contributed by atoms with Crippen molar-refractivity contribution in [3.05, 3.63) is 216 Å². The molecule has 1 unspecified atom stereocenters. The van der Waals surface area contributed by atoms with Crippen LogP contribution < -0.4 is 4.90 Å². The van der Waals surface area contributed by atoms with Crippen molar-refractivity contribution in [2.24, 2.45) is 0 Å². The van der Waals surface area contributed by atoms with E-state index >= 15 is 0 Å². The first-order valence-electron chi connectivity index (χ1n) is 19.8. The fourth-order valence-electron chi connectivity index (χ4n) is 7.96. The minimum atomic E-state index is -0.0835. The van der Waals surface area contributed by atoms with Gasteiger partial charge in [0.1, 0.15) is 0 Å². The van der Waals surface area contributed by atoms with E-state index in [1.165, 1.54) is 55.4 Å². The van der Waals surface area contributed by atoms with Gasteiger partial charge in [0, 0.05) is 22.7 Å². The summed E-state index contributed by atoms with van der Waals surface area (Å²) in [4.78, 5) is 2.46. The van der Waals surface area contributed by atoms with Crippen molar-refractivity contribution in [2.75, 3.05) is 4.90 Å². The van der Waals surface area contributed by atoms with Crippen LogP contribution in [0.25, 0.3) is 28.0 Å². The van der Waals surface area contributed by atoms with Crippen LogP contribution in [0.4, 0.5) is 17.1 Å². The maximum absolute atomic E-state index is 4.50. The second kappa shape index (κ2) is 17.5. The molecule has 276 valence electrons. The maximum atomic E-state index is 4.50. The predicted octanol–water partition coefficient (Wildman–Crippen LogP) is 15.7. The summed E-state index contributed by atoms with van der Waals surface area (Å²) in [5.74, 6) is 0.122. The zero-order valence-corrected chi connectivity index (χ0v) is 33.5. The van der Waals surface area contributed by atoms with Crippen molar-refractivity contribution in [3.8, 4) is 0 Å². The Hall–Kier alpha value is -5.92. The van der Waals surface area contributed by atoms with Crippen LogP contribution in [0.2, 0.25) is 0 Å². The highest BCUT2D eigenvalue weighted by atomic mass is 15.1. The van der Waals surface area contributed by atoms with Crippen LogP contribution in [-0.2, 0) is 5.41 Å². The summed E-state index contributed by atoms with van der Waals surface area (Å²) in [6, 6.07) is 36.0. The Morgan fingerprint density at radius 3 is 2.24 bits per heavy atom. The van der Waals surface area contributed by atoms with Crippen molar-refractivity contribution in [1.29, 1.82) is 0 Å².